The zero-order valence-corrected chi connectivity index (χ0v) is 16.4. The Bertz CT molecular complexity index is 842. The van der Waals surface area contributed by atoms with Gasteiger partial charge in [-0.15, -0.1) is 0 Å². The van der Waals surface area contributed by atoms with Gasteiger partial charge in [0.2, 0.25) is 5.78 Å². The minimum atomic E-state index is -0.262. The molecule has 0 fully saturated rings. The minimum absolute atomic E-state index is 0.236. The van der Waals surface area contributed by atoms with Crippen molar-refractivity contribution in [2.75, 3.05) is 18.9 Å². The van der Waals surface area contributed by atoms with E-state index in [-0.39, 0.29) is 22.7 Å². The van der Waals surface area contributed by atoms with Crippen molar-refractivity contribution in [1.82, 2.24) is 0 Å². The Morgan fingerprint density at radius 2 is 1.41 bits per heavy atom. The van der Waals surface area contributed by atoms with E-state index in [1.807, 2.05) is 27.7 Å². The van der Waals surface area contributed by atoms with Crippen LogP contribution in [0.25, 0.3) is 0 Å². The average Bonchev–Trinajstić information content (AvgIpc) is 2.69. The Morgan fingerprint density at radius 3 is 2.04 bits per heavy atom. The van der Waals surface area contributed by atoms with Crippen LogP contribution in [0.4, 0.5) is 5.69 Å². The first-order valence-electron chi connectivity index (χ1n) is 9.50. The molecule has 2 N–H and O–H groups in total. The number of rotatable bonds is 6. The lowest BCUT2D eigenvalue weighted by Gasteiger charge is -2.22. The van der Waals surface area contributed by atoms with Crippen LogP contribution in [0.1, 0.15) is 72.4 Å². The molecule has 3 rings (SSSR count). The van der Waals surface area contributed by atoms with Crippen LogP contribution < -0.4 is 15.2 Å². The molecule has 2 aromatic rings. The number of nitrogens with two attached hydrogens (primary N) is 1. The molecule has 0 atom stereocenters. The summed E-state index contributed by atoms with van der Waals surface area (Å²) in [5.74, 6) is 0.287. The van der Waals surface area contributed by atoms with Crippen LogP contribution in [0.15, 0.2) is 30.3 Å². The molecule has 1 aliphatic carbocycles. The van der Waals surface area contributed by atoms with Crippen LogP contribution in [0.2, 0.25) is 0 Å². The topological polar surface area (TPSA) is 78.6 Å². The fraction of sp³-hybridized carbons (Fsp3) is 0.364. The van der Waals surface area contributed by atoms with Crippen LogP contribution in [0.5, 0.6) is 11.5 Å². The number of hydrogen-bond donors (Lipinski definition) is 1. The number of carbonyl (C=O) groups is 2. The summed E-state index contributed by atoms with van der Waals surface area (Å²) in [6.07, 6.45) is 1.59. The van der Waals surface area contributed by atoms with Crippen molar-refractivity contribution < 1.29 is 19.1 Å². The van der Waals surface area contributed by atoms with E-state index >= 15 is 0 Å². The van der Waals surface area contributed by atoms with Crippen LogP contribution in [0.3, 0.4) is 0 Å². The highest BCUT2D eigenvalue weighted by Gasteiger charge is 2.35. The maximum absolute atomic E-state index is 13.2. The Balaban J connectivity index is 0.00000126. The van der Waals surface area contributed by atoms with Crippen molar-refractivity contribution >= 4 is 17.3 Å². The van der Waals surface area contributed by atoms with Crippen LogP contribution in [-0.2, 0) is 0 Å². The molecule has 0 amide bonds. The number of ketones is 2. The summed E-state index contributed by atoms with van der Waals surface area (Å²) >= 11 is 0. The third kappa shape index (κ3) is 3.97. The standard InChI is InChI=1S/C20H21NO4.C2H6/c1-3-8-24-15-7-5-6-13-17(15)20(23)18-14(19(13)22)10-12(21)11-16(18)25-9-4-2;1-2/h5-7,10-11H,3-4,8-9,21H2,1-2H3;1-2H3. The molecule has 0 bridgehead atoms. The van der Waals surface area contributed by atoms with Crippen LogP contribution in [0, 0.1) is 0 Å². The number of nitrogen functional groups attached to an aromatic ring is 1. The fourth-order valence-electron chi connectivity index (χ4n) is 2.93. The van der Waals surface area contributed by atoms with Gasteiger partial charge in [-0.1, -0.05) is 39.8 Å². The zero-order valence-electron chi connectivity index (χ0n) is 16.4. The van der Waals surface area contributed by atoms with Gasteiger partial charge in [-0.3, -0.25) is 9.59 Å². The highest BCUT2D eigenvalue weighted by molar-refractivity contribution is 6.30. The second kappa shape index (κ2) is 9.21. The number of ether oxygens (including phenoxy) is 2. The SMILES string of the molecule is CC.CCCOc1cccc2c1C(=O)c1c(OCCC)cc(N)cc1C2=O. The van der Waals surface area contributed by atoms with Crippen molar-refractivity contribution in [3.8, 4) is 11.5 Å². The summed E-state index contributed by atoms with van der Waals surface area (Å²) in [6.45, 7) is 8.87. The lowest BCUT2D eigenvalue weighted by atomic mass is 9.83. The van der Waals surface area contributed by atoms with Crippen LogP contribution >= 0.6 is 0 Å². The van der Waals surface area contributed by atoms with Crippen molar-refractivity contribution in [3.63, 3.8) is 0 Å². The average molecular weight is 369 g/mol. The molecule has 2 aromatic carbocycles. The molecule has 0 spiro atoms. The Kier molecular flexibility index (Phi) is 6.99. The molecular weight excluding hydrogens is 342 g/mol. The molecule has 0 aliphatic heterocycles. The molecule has 0 heterocycles. The second-order valence-corrected chi connectivity index (χ2v) is 5.98. The molecule has 0 aromatic heterocycles. The number of benzene rings is 2. The Morgan fingerprint density at radius 1 is 0.815 bits per heavy atom. The van der Waals surface area contributed by atoms with Gasteiger partial charge in [-0.05, 0) is 25.0 Å². The maximum Gasteiger partial charge on any atom is 0.201 e. The lowest BCUT2D eigenvalue weighted by molar-refractivity contribution is 0.0972. The predicted octanol–water partition coefficient (Wildman–Crippen LogP) is 4.65. The normalized spacial score (nSPS) is 11.9. The summed E-state index contributed by atoms with van der Waals surface area (Å²) in [7, 11) is 0. The largest absolute Gasteiger partial charge is 0.493 e. The highest BCUT2D eigenvalue weighted by atomic mass is 16.5. The summed E-state index contributed by atoms with van der Waals surface area (Å²) in [4.78, 5) is 26.1. The summed E-state index contributed by atoms with van der Waals surface area (Å²) in [5, 5.41) is 0. The van der Waals surface area contributed by atoms with E-state index in [0.29, 0.717) is 41.5 Å². The van der Waals surface area contributed by atoms with E-state index in [4.69, 9.17) is 15.2 Å². The van der Waals surface area contributed by atoms with E-state index in [1.165, 1.54) is 6.07 Å². The smallest absolute Gasteiger partial charge is 0.201 e. The molecule has 27 heavy (non-hydrogen) atoms. The lowest BCUT2D eigenvalue weighted by Crippen LogP contribution is -2.23. The van der Waals surface area contributed by atoms with Gasteiger partial charge in [0, 0.05) is 22.9 Å². The molecule has 0 saturated heterocycles. The van der Waals surface area contributed by atoms with Gasteiger partial charge in [-0.2, -0.15) is 0 Å². The molecule has 0 saturated carbocycles. The van der Waals surface area contributed by atoms with Crippen molar-refractivity contribution in [1.29, 1.82) is 0 Å². The molecule has 5 nitrogen and oxygen atoms in total. The van der Waals surface area contributed by atoms with Crippen molar-refractivity contribution in [3.05, 3.63) is 52.6 Å². The van der Waals surface area contributed by atoms with Gasteiger partial charge in [0.25, 0.3) is 0 Å². The molecule has 144 valence electrons. The minimum Gasteiger partial charge on any atom is -0.493 e. The summed E-state index contributed by atoms with van der Waals surface area (Å²) < 4.78 is 11.4. The van der Waals surface area contributed by atoms with E-state index < -0.39 is 0 Å². The first kappa shape index (κ1) is 20.5. The van der Waals surface area contributed by atoms with Crippen LogP contribution in [-0.4, -0.2) is 24.8 Å². The van der Waals surface area contributed by atoms with Crippen molar-refractivity contribution in [2.24, 2.45) is 0 Å². The third-order valence-electron chi connectivity index (χ3n) is 4.02. The van der Waals surface area contributed by atoms with Gasteiger partial charge in [0.1, 0.15) is 11.5 Å². The summed E-state index contributed by atoms with van der Waals surface area (Å²) in [6, 6.07) is 8.22. The number of hydrogen-bond acceptors (Lipinski definition) is 5. The number of fused-ring (bicyclic) bond motifs is 2. The Hall–Kier alpha value is -2.82. The van der Waals surface area contributed by atoms with Gasteiger partial charge in [0.15, 0.2) is 5.78 Å². The number of anilines is 1. The fourth-order valence-corrected chi connectivity index (χ4v) is 2.93. The maximum atomic E-state index is 13.2. The predicted molar refractivity (Wildman–Crippen MR) is 107 cm³/mol. The molecular formula is C22H27NO4. The Labute approximate surface area is 160 Å². The highest BCUT2D eigenvalue weighted by Crippen LogP contribution is 2.38. The quantitative estimate of drug-likeness (QED) is 0.640. The van der Waals surface area contributed by atoms with Gasteiger partial charge >= 0.3 is 0 Å². The van der Waals surface area contributed by atoms with Gasteiger partial charge in [-0.25, -0.2) is 0 Å². The van der Waals surface area contributed by atoms with E-state index in [1.54, 1.807) is 24.3 Å². The van der Waals surface area contributed by atoms with E-state index in [9.17, 15) is 9.59 Å². The monoisotopic (exact) mass is 369 g/mol. The molecule has 1 aliphatic rings. The third-order valence-corrected chi connectivity index (χ3v) is 4.02. The second-order valence-electron chi connectivity index (χ2n) is 5.98. The van der Waals surface area contributed by atoms with Gasteiger partial charge in [0.05, 0.1) is 24.3 Å². The number of carbonyl (C=O) groups excluding carboxylic acids is 2. The molecule has 5 heteroatoms. The first-order chi connectivity index (χ1) is 13.1. The molecule has 0 radical (unpaired) electrons. The zero-order chi connectivity index (χ0) is 20.0. The molecule has 0 unspecified atom stereocenters. The summed E-state index contributed by atoms with van der Waals surface area (Å²) in [5.41, 5.74) is 7.52. The first-order valence-corrected chi connectivity index (χ1v) is 9.50. The van der Waals surface area contributed by atoms with Crippen molar-refractivity contribution in [2.45, 2.75) is 40.5 Å². The van der Waals surface area contributed by atoms with E-state index in [0.717, 1.165) is 12.8 Å². The van der Waals surface area contributed by atoms with Gasteiger partial charge < -0.3 is 15.2 Å². The van der Waals surface area contributed by atoms with E-state index in [2.05, 4.69) is 0 Å².